The number of carbonyl (C=O) groups is 2. The number of para-hydroxylation sites is 1. The standard InChI is InChI=1S/C16H17NO5/c1-10-3-2-4-11-9-12(22-13(10)11)14(18)17-16(15(19)20)5-7-21-8-6-16/h2-4,9H,5-8H2,1H3,(H,17,18)(H,19,20). The van der Waals surface area contributed by atoms with Crippen LogP contribution < -0.4 is 5.32 Å². The lowest BCUT2D eigenvalue weighted by molar-refractivity contribution is -0.148. The van der Waals surface area contributed by atoms with Crippen molar-refractivity contribution in [1.82, 2.24) is 5.32 Å². The predicted octanol–water partition coefficient (Wildman–Crippen LogP) is 2.10. The monoisotopic (exact) mass is 303 g/mol. The molecule has 2 N–H and O–H groups in total. The Bertz CT molecular complexity index is 727. The lowest BCUT2D eigenvalue weighted by Crippen LogP contribution is -2.57. The zero-order valence-electron chi connectivity index (χ0n) is 12.2. The number of ether oxygens (including phenoxy) is 1. The van der Waals surface area contributed by atoms with E-state index in [1.165, 1.54) is 0 Å². The first-order valence-electron chi connectivity index (χ1n) is 7.15. The maximum atomic E-state index is 12.4. The van der Waals surface area contributed by atoms with Gasteiger partial charge in [-0.25, -0.2) is 4.79 Å². The summed E-state index contributed by atoms with van der Waals surface area (Å²) in [6.45, 7) is 2.52. The van der Waals surface area contributed by atoms with Gasteiger partial charge in [-0.3, -0.25) is 4.79 Å². The van der Waals surface area contributed by atoms with Crippen LogP contribution in [0.5, 0.6) is 0 Å². The van der Waals surface area contributed by atoms with Crippen LogP contribution in [-0.2, 0) is 9.53 Å². The summed E-state index contributed by atoms with van der Waals surface area (Å²) >= 11 is 0. The number of furan rings is 1. The highest BCUT2D eigenvalue weighted by Gasteiger charge is 2.42. The fraction of sp³-hybridized carbons (Fsp3) is 0.375. The Kier molecular flexibility index (Phi) is 3.62. The number of amides is 1. The number of fused-ring (bicyclic) bond motifs is 1. The summed E-state index contributed by atoms with van der Waals surface area (Å²) in [5.41, 5.74) is 0.281. The molecule has 1 aromatic heterocycles. The molecule has 1 saturated heterocycles. The van der Waals surface area contributed by atoms with Gasteiger partial charge in [0.25, 0.3) is 5.91 Å². The summed E-state index contributed by atoms with van der Waals surface area (Å²) in [6, 6.07) is 7.26. The van der Waals surface area contributed by atoms with E-state index in [0.29, 0.717) is 18.8 Å². The normalized spacial score (nSPS) is 17.3. The van der Waals surface area contributed by atoms with Crippen molar-refractivity contribution in [3.63, 3.8) is 0 Å². The van der Waals surface area contributed by atoms with Gasteiger partial charge in [-0.15, -0.1) is 0 Å². The number of aliphatic carboxylic acids is 1. The third-order valence-corrected chi connectivity index (χ3v) is 4.07. The first-order chi connectivity index (χ1) is 10.5. The molecule has 0 unspecified atom stereocenters. The van der Waals surface area contributed by atoms with Crippen molar-refractivity contribution in [2.24, 2.45) is 0 Å². The van der Waals surface area contributed by atoms with Crippen LogP contribution >= 0.6 is 0 Å². The number of carboxylic acid groups (broad SMARTS) is 1. The van der Waals surface area contributed by atoms with Gasteiger partial charge in [0.1, 0.15) is 11.1 Å². The highest BCUT2D eigenvalue weighted by molar-refractivity contribution is 5.99. The smallest absolute Gasteiger partial charge is 0.329 e. The van der Waals surface area contributed by atoms with Gasteiger partial charge in [0.15, 0.2) is 5.76 Å². The zero-order valence-corrected chi connectivity index (χ0v) is 12.2. The lowest BCUT2D eigenvalue weighted by atomic mass is 9.90. The highest BCUT2D eigenvalue weighted by Crippen LogP contribution is 2.25. The fourth-order valence-electron chi connectivity index (χ4n) is 2.71. The second-order valence-corrected chi connectivity index (χ2v) is 5.56. The van der Waals surface area contributed by atoms with Crippen LogP contribution in [0, 0.1) is 6.92 Å². The third-order valence-electron chi connectivity index (χ3n) is 4.07. The molecule has 0 radical (unpaired) electrons. The molecule has 2 heterocycles. The second-order valence-electron chi connectivity index (χ2n) is 5.56. The van der Waals surface area contributed by atoms with Crippen LogP contribution in [0.1, 0.15) is 29.0 Å². The van der Waals surface area contributed by atoms with Gasteiger partial charge >= 0.3 is 5.97 Å². The first-order valence-corrected chi connectivity index (χ1v) is 7.15. The van der Waals surface area contributed by atoms with Gasteiger partial charge in [0.05, 0.1) is 0 Å². The van der Waals surface area contributed by atoms with Crippen molar-refractivity contribution in [2.75, 3.05) is 13.2 Å². The number of benzene rings is 1. The summed E-state index contributed by atoms with van der Waals surface area (Å²) < 4.78 is 10.8. The quantitative estimate of drug-likeness (QED) is 0.906. The number of hydrogen-bond donors (Lipinski definition) is 2. The Labute approximate surface area is 127 Å². The predicted molar refractivity (Wildman–Crippen MR) is 78.8 cm³/mol. The SMILES string of the molecule is Cc1cccc2cc(C(=O)NC3(C(=O)O)CCOCC3)oc12. The average Bonchev–Trinajstić information content (AvgIpc) is 2.94. The maximum absolute atomic E-state index is 12.4. The maximum Gasteiger partial charge on any atom is 0.329 e. The summed E-state index contributed by atoms with van der Waals surface area (Å²) in [7, 11) is 0. The van der Waals surface area contributed by atoms with E-state index in [1.807, 2.05) is 25.1 Å². The molecule has 22 heavy (non-hydrogen) atoms. The molecule has 0 bridgehead atoms. The van der Waals surface area contributed by atoms with Crippen LogP contribution in [0.3, 0.4) is 0 Å². The van der Waals surface area contributed by atoms with Gasteiger partial charge in [-0.05, 0) is 18.6 Å². The molecule has 0 saturated carbocycles. The Morgan fingerprint density at radius 3 is 2.64 bits per heavy atom. The molecule has 1 aliphatic heterocycles. The Morgan fingerprint density at radius 2 is 2.00 bits per heavy atom. The van der Waals surface area contributed by atoms with Crippen molar-refractivity contribution in [2.45, 2.75) is 25.3 Å². The molecule has 0 spiro atoms. The van der Waals surface area contributed by atoms with E-state index in [9.17, 15) is 14.7 Å². The van der Waals surface area contributed by atoms with Gasteiger partial charge in [0.2, 0.25) is 0 Å². The molecule has 3 rings (SSSR count). The summed E-state index contributed by atoms with van der Waals surface area (Å²) in [5.74, 6) is -1.44. The van der Waals surface area contributed by atoms with Crippen LogP contribution in [0.25, 0.3) is 11.0 Å². The van der Waals surface area contributed by atoms with Gasteiger partial charge in [-0.1, -0.05) is 18.2 Å². The van der Waals surface area contributed by atoms with Crippen LogP contribution in [0.15, 0.2) is 28.7 Å². The largest absolute Gasteiger partial charge is 0.480 e. The van der Waals surface area contributed by atoms with E-state index in [-0.39, 0.29) is 18.6 Å². The molecule has 0 aliphatic carbocycles. The van der Waals surface area contributed by atoms with E-state index in [2.05, 4.69) is 5.32 Å². The Morgan fingerprint density at radius 1 is 1.27 bits per heavy atom. The summed E-state index contributed by atoms with van der Waals surface area (Å²) in [5, 5.41) is 12.9. The van der Waals surface area contributed by atoms with Crippen molar-refractivity contribution >= 4 is 22.8 Å². The van der Waals surface area contributed by atoms with Gasteiger partial charge < -0.3 is 19.6 Å². The van der Waals surface area contributed by atoms with Crippen molar-refractivity contribution in [3.05, 3.63) is 35.6 Å². The van der Waals surface area contributed by atoms with Crippen LogP contribution in [-0.4, -0.2) is 35.7 Å². The van der Waals surface area contributed by atoms with Crippen molar-refractivity contribution in [1.29, 1.82) is 0 Å². The number of aryl methyl sites for hydroxylation is 1. The lowest BCUT2D eigenvalue weighted by Gasteiger charge is -2.33. The fourth-order valence-corrected chi connectivity index (χ4v) is 2.71. The van der Waals surface area contributed by atoms with Crippen LogP contribution in [0.4, 0.5) is 0 Å². The molecule has 0 atom stereocenters. The van der Waals surface area contributed by atoms with Gasteiger partial charge in [0, 0.05) is 31.4 Å². The molecule has 6 heteroatoms. The highest BCUT2D eigenvalue weighted by atomic mass is 16.5. The van der Waals surface area contributed by atoms with Gasteiger partial charge in [-0.2, -0.15) is 0 Å². The Hall–Kier alpha value is -2.34. The molecular formula is C16H17NO5. The van der Waals surface area contributed by atoms with E-state index < -0.39 is 17.4 Å². The van der Waals surface area contributed by atoms with Crippen LogP contribution in [0.2, 0.25) is 0 Å². The topological polar surface area (TPSA) is 88.8 Å². The molecule has 116 valence electrons. The molecule has 1 aliphatic rings. The number of hydrogen-bond acceptors (Lipinski definition) is 4. The van der Waals surface area contributed by atoms with Crippen molar-refractivity contribution in [3.8, 4) is 0 Å². The Balaban J connectivity index is 1.88. The number of nitrogens with one attached hydrogen (secondary N) is 1. The molecule has 6 nitrogen and oxygen atoms in total. The zero-order chi connectivity index (χ0) is 15.7. The molecule has 2 aromatic rings. The minimum absolute atomic E-state index is 0.122. The number of carboxylic acids is 1. The van der Waals surface area contributed by atoms with E-state index in [4.69, 9.17) is 9.15 Å². The minimum Gasteiger partial charge on any atom is -0.480 e. The average molecular weight is 303 g/mol. The molecular weight excluding hydrogens is 286 g/mol. The van der Waals surface area contributed by atoms with E-state index in [1.54, 1.807) is 6.07 Å². The molecule has 1 fully saturated rings. The number of carbonyl (C=O) groups excluding carboxylic acids is 1. The summed E-state index contributed by atoms with van der Waals surface area (Å²) in [4.78, 5) is 24.0. The number of rotatable bonds is 3. The minimum atomic E-state index is -1.29. The van der Waals surface area contributed by atoms with E-state index in [0.717, 1.165) is 10.9 Å². The first kappa shape index (κ1) is 14.6. The van der Waals surface area contributed by atoms with E-state index >= 15 is 0 Å². The third kappa shape index (κ3) is 2.46. The molecule has 1 amide bonds. The van der Waals surface area contributed by atoms with Crippen molar-refractivity contribution < 1.29 is 23.8 Å². The molecule has 1 aromatic carbocycles. The summed E-state index contributed by atoms with van der Waals surface area (Å²) in [6.07, 6.45) is 0.487. The second kappa shape index (κ2) is 5.46.